The van der Waals surface area contributed by atoms with Gasteiger partial charge in [-0.1, -0.05) is 49.5 Å². The van der Waals surface area contributed by atoms with E-state index in [9.17, 15) is 4.79 Å². The van der Waals surface area contributed by atoms with Crippen LogP contribution in [0.1, 0.15) is 52.9 Å². The van der Waals surface area contributed by atoms with Gasteiger partial charge in [-0.15, -0.1) is 0 Å². The fourth-order valence-electron chi connectivity index (χ4n) is 3.05. The second-order valence-corrected chi connectivity index (χ2v) is 6.28. The van der Waals surface area contributed by atoms with Gasteiger partial charge in [0.1, 0.15) is 0 Å². The standard InChI is InChI=1S/C14H26BrNO/c1-4-6-14(10-15,7-5-2)11-16-9-12(3)8-13(16)17/h12H,4-11H2,1-3H3. The third kappa shape index (κ3) is 3.97. The van der Waals surface area contributed by atoms with Gasteiger partial charge in [-0.25, -0.2) is 0 Å². The van der Waals surface area contributed by atoms with Crippen LogP contribution >= 0.6 is 15.9 Å². The highest BCUT2D eigenvalue weighted by atomic mass is 79.9. The highest BCUT2D eigenvalue weighted by Crippen LogP contribution is 2.34. The van der Waals surface area contributed by atoms with E-state index in [0.717, 1.165) is 24.8 Å². The summed E-state index contributed by atoms with van der Waals surface area (Å²) in [5.74, 6) is 0.897. The molecule has 1 aliphatic heterocycles. The molecule has 0 spiro atoms. The van der Waals surface area contributed by atoms with Crippen molar-refractivity contribution in [3.05, 3.63) is 0 Å². The molecule has 1 unspecified atom stereocenters. The molecule has 100 valence electrons. The van der Waals surface area contributed by atoms with E-state index in [1.165, 1.54) is 25.7 Å². The monoisotopic (exact) mass is 303 g/mol. The number of amides is 1. The van der Waals surface area contributed by atoms with Crippen LogP contribution in [-0.2, 0) is 4.79 Å². The zero-order chi connectivity index (χ0) is 12.9. The van der Waals surface area contributed by atoms with Crippen LogP contribution in [0, 0.1) is 11.3 Å². The zero-order valence-electron chi connectivity index (χ0n) is 11.5. The molecule has 1 amide bonds. The van der Waals surface area contributed by atoms with Gasteiger partial charge in [-0.3, -0.25) is 4.79 Å². The summed E-state index contributed by atoms with van der Waals surface area (Å²) < 4.78 is 0. The molecule has 0 aromatic heterocycles. The first-order chi connectivity index (χ1) is 8.06. The van der Waals surface area contributed by atoms with Crippen LogP contribution in [0.15, 0.2) is 0 Å². The molecule has 1 saturated heterocycles. The highest BCUT2D eigenvalue weighted by Gasteiger charge is 2.35. The molecule has 0 aromatic carbocycles. The van der Waals surface area contributed by atoms with E-state index in [0.29, 0.717) is 17.2 Å². The van der Waals surface area contributed by atoms with E-state index in [2.05, 4.69) is 41.6 Å². The van der Waals surface area contributed by atoms with E-state index in [-0.39, 0.29) is 0 Å². The number of carbonyl (C=O) groups is 1. The molecular formula is C14H26BrNO. The van der Waals surface area contributed by atoms with Crippen molar-refractivity contribution in [1.82, 2.24) is 4.90 Å². The minimum Gasteiger partial charge on any atom is -0.342 e. The molecule has 2 nitrogen and oxygen atoms in total. The highest BCUT2D eigenvalue weighted by molar-refractivity contribution is 9.09. The van der Waals surface area contributed by atoms with Crippen molar-refractivity contribution < 1.29 is 4.79 Å². The molecule has 0 saturated carbocycles. The van der Waals surface area contributed by atoms with Crippen molar-refractivity contribution in [2.75, 3.05) is 18.4 Å². The van der Waals surface area contributed by atoms with Crippen LogP contribution in [0.25, 0.3) is 0 Å². The SMILES string of the molecule is CCCC(CBr)(CCC)CN1CC(C)CC1=O. The molecule has 1 fully saturated rings. The van der Waals surface area contributed by atoms with Crippen molar-refractivity contribution in [3.63, 3.8) is 0 Å². The molecule has 0 aliphatic carbocycles. The van der Waals surface area contributed by atoms with Crippen LogP contribution in [0.2, 0.25) is 0 Å². The van der Waals surface area contributed by atoms with Gasteiger partial charge in [0.15, 0.2) is 0 Å². The number of carbonyl (C=O) groups excluding carboxylic acids is 1. The fourth-order valence-corrected chi connectivity index (χ4v) is 3.79. The molecular weight excluding hydrogens is 278 g/mol. The van der Waals surface area contributed by atoms with Crippen molar-refractivity contribution in [2.45, 2.75) is 52.9 Å². The number of hydrogen-bond acceptors (Lipinski definition) is 1. The summed E-state index contributed by atoms with van der Waals surface area (Å²) in [5.41, 5.74) is 0.295. The number of alkyl halides is 1. The summed E-state index contributed by atoms with van der Waals surface area (Å²) in [4.78, 5) is 14.0. The fraction of sp³-hybridized carbons (Fsp3) is 0.929. The van der Waals surface area contributed by atoms with Crippen molar-refractivity contribution in [2.24, 2.45) is 11.3 Å². The second kappa shape index (κ2) is 6.77. The minimum absolute atomic E-state index is 0.295. The molecule has 0 N–H and O–H groups in total. The number of nitrogens with zero attached hydrogens (tertiary/aromatic N) is 1. The van der Waals surface area contributed by atoms with Gasteiger partial charge in [0.05, 0.1) is 0 Å². The lowest BCUT2D eigenvalue weighted by atomic mass is 9.80. The molecule has 0 radical (unpaired) electrons. The summed E-state index contributed by atoms with van der Waals surface area (Å²) in [5, 5.41) is 1.01. The lowest BCUT2D eigenvalue weighted by Gasteiger charge is -2.35. The maximum Gasteiger partial charge on any atom is 0.222 e. The smallest absolute Gasteiger partial charge is 0.222 e. The maximum absolute atomic E-state index is 11.9. The Labute approximate surface area is 114 Å². The van der Waals surface area contributed by atoms with Gasteiger partial charge < -0.3 is 4.90 Å². The predicted molar refractivity (Wildman–Crippen MR) is 76.4 cm³/mol. The van der Waals surface area contributed by atoms with Gasteiger partial charge in [-0.05, 0) is 24.2 Å². The first-order valence-corrected chi connectivity index (χ1v) is 8.02. The van der Waals surface area contributed by atoms with Crippen LogP contribution < -0.4 is 0 Å². The Kier molecular flexibility index (Phi) is 5.98. The van der Waals surface area contributed by atoms with Crippen LogP contribution in [0.3, 0.4) is 0 Å². The Morgan fingerprint density at radius 1 is 1.35 bits per heavy atom. The van der Waals surface area contributed by atoms with Crippen LogP contribution in [0.4, 0.5) is 0 Å². The quantitative estimate of drug-likeness (QED) is 0.654. The molecule has 0 bridgehead atoms. The van der Waals surface area contributed by atoms with Crippen LogP contribution in [0.5, 0.6) is 0 Å². The average molecular weight is 304 g/mol. The van der Waals surface area contributed by atoms with E-state index in [1.54, 1.807) is 0 Å². The Bertz CT molecular complexity index is 249. The van der Waals surface area contributed by atoms with Gasteiger partial charge in [-0.2, -0.15) is 0 Å². The normalized spacial score (nSPS) is 21.3. The molecule has 1 heterocycles. The van der Waals surface area contributed by atoms with Gasteiger partial charge >= 0.3 is 0 Å². The number of likely N-dealkylation sites (tertiary alicyclic amines) is 1. The zero-order valence-corrected chi connectivity index (χ0v) is 13.1. The predicted octanol–water partition coefficient (Wildman–Crippen LogP) is 3.84. The molecule has 0 aromatic rings. The molecule has 1 atom stereocenters. The van der Waals surface area contributed by atoms with Crippen molar-refractivity contribution in [1.29, 1.82) is 0 Å². The maximum atomic E-state index is 11.9. The van der Waals surface area contributed by atoms with Gasteiger partial charge in [0, 0.05) is 24.8 Å². The summed E-state index contributed by atoms with van der Waals surface area (Å²) in [6.45, 7) is 8.56. The number of halogens is 1. The van der Waals surface area contributed by atoms with Gasteiger partial charge in [0.2, 0.25) is 5.91 Å². The van der Waals surface area contributed by atoms with Crippen molar-refractivity contribution >= 4 is 21.8 Å². The topological polar surface area (TPSA) is 20.3 Å². The molecule has 17 heavy (non-hydrogen) atoms. The number of hydrogen-bond donors (Lipinski definition) is 0. The molecule has 1 aliphatic rings. The second-order valence-electron chi connectivity index (χ2n) is 5.72. The van der Waals surface area contributed by atoms with Crippen LogP contribution in [-0.4, -0.2) is 29.2 Å². The lowest BCUT2D eigenvalue weighted by Crippen LogP contribution is -2.40. The van der Waals surface area contributed by atoms with E-state index < -0.39 is 0 Å². The third-order valence-corrected chi connectivity index (χ3v) is 4.97. The lowest BCUT2D eigenvalue weighted by molar-refractivity contribution is -0.129. The van der Waals surface area contributed by atoms with Crippen molar-refractivity contribution in [3.8, 4) is 0 Å². The van der Waals surface area contributed by atoms with E-state index >= 15 is 0 Å². The molecule has 1 rings (SSSR count). The third-order valence-electron chi connectivity index (χ3n) is 3.78. The van der Waals surface area contributed by atoms with E-state index in [1.807, 2.05) is 0 Å². The Hall–Kier alpha value is -0.0500. The first kappa shape index (κ1) is 15.0. The minimum atomic E-state index is 0.295. The first-order valence-electron chi connectivity index (χ1n) is 6.90. The van der Waals surface area contributed by atoms with E-state index in [4.69, 9.17) is 0 Å². The van der Waals surface area contributed by atoms with Gasteiger partial charge in [0.25, 0.3) is 0 Å². The largest absolute Gasteiger partial charge is 0.342 e. The summed E-state index contributed by atoms with van der Waals surface area (Å²) in [6.07, 6.45) is 5.57. The average Bonchev–Trinajstić information content (AvgIpc) is 2.58. The summed E-state index contributed by atoms with van der Waals surface area (Å²) in [7, 11) is 0. The Balaban J connectivity index is 2.67. The molecule has 3 heteroatoms. The number of rotatable bonds is 7. The Morgan fingerprint density at radius 3 is 2.29 bits per heavy atom. The summed E-state index contributed by atoms with van der Waals surface area (Å²) >= 11 is 3.68. The Morgan fingerprint density at radius 2 is 1.94 bits per heavy atom. The summed E-state index contributed by atoms with van der Waals surface area (Å²) in [6, 6.07) is 0.